The van der Waals surface area contributed by atoms with Crippen LogP contribution in [0, 0.1) is 0 Å². The molecule has 130 valence electrons. The van der Waals surface area contributed by atoms with Gasteiger partial charge in [0.2, 0.25) is 0 Å². The van der Waals surface area contributed by atoms with Crippen LogP contribution in [0.1, 0.15) is 29.3 Å². The number of rotatable bonds is 7. The Hall–Kier alpha value is -2.37. The van der Waals surface area contributed by atoms with E-state index >= 15 is 0 Å². The minimum atomic E-state index is -0.384. The topological polar surface area (TPSA) is 63.1 Å². The molecule has 2 aromatic carbocycles. The lowest BCUT2D eigenvalue weighted by molar-refractivity contribution is 0.0955. The summed E-state index contributed by atoms with van der Waals surface area (Å²) in [5.41, 5.74) is 4.00. The van der Waals surface area contributed by atoms with Gasteiger partial charge in [0.1, 0.15) is 12.3 Å². The Bertz CT molecular complexity index is 791. The van der Waals surface area contributed by atoms with Crippen LogP contribution in [-0.2, 0) is 4.84 Å². The highest BCUT2D eigenvalue weighted by molar-refractivity contribution is 6.39. The molecule has 1 amide bonds. The largest absolute Gasteiger partial charge is 0.396 e. The van der Waals surface area contributed by atoms with E-state index in [9.17, 15) is 4.79 Å². The van der Waals surface area contributed by atoms with E-state index in [1.807, 2.05) is 13.0 Å². The van der Waals surface area contributed by atoms with Crippen molar-refractivity contribution in [3.8, 4) is 0 Å². The van der Waals surface area contributed by atoms with Gasteiger partial charge in [-0.1, -0.05) is 53.5 Å². The SMILES string of the molecule is CCCO/N=C/C(=N\NC(=O)c1cccc(Cl)c1)c1cccc(Cl)c1. The Balaban J connectivity index is 2.20. The van der Waals surface area contributed by atoms with E-state index < -0.39 is 0 Å². The van der Waals surface area contributed by atoms with Gasteiger partial charge in [0.15, 0.2) is 0 Å². The molecule has 0 spiro atoms. The number of nitrogens with one attached hydrogen (secondary N) is 1. The summed E-state index contributed by atoms with van der Waals surface area (Å²) >= 11 is 11.9. The average Bonchev–Trinajstić information content (AvgIpc) is 2.61. The van der Waals surface area contributed by atoms with Crippen molar-refractivity contribution >= 4 is 41.0 Å². The zero-order valence-corrected chi connectivity index (χ0v) is 15.1. The van der Waals surface area contributed by atoms with Crippen molar-refractivity contribution < 1.29 is 9.63 Å². The Morgan fingerprint density at radius 2 is 1.76 bits per heavy atom. The minimum Gasteiger partial charge on any atom is -0.396 e. The van der Waals surface area contributed by atoms with Crippen molar-refractivity contribution in [2.24, 2.45) is 10.3 Å². The molecule has 0 saturated heterocycles. The average molecular weight is 378 g/mol. The van der Waals surface area contributed by atoms with Crippen LogP contribution < -0.4 is 5.43 Å². The van der Waals surface area contributed by atoms with E-state index in [0.717, 1.165) is 6.42 Å². The van der Waals surface area contributed by atoms with Crippen LogP contribution in [0.5, 0.6) is 0 Å². The highest BCUT2D eigenvalue weighted by Gasteiger charge is 2.07. The van der Waals surface area contributed by atoms with Crippen LogP contribution in [-0.4, -0.2) is 24.4 Å². The normalized spacial score (nSPS) is 11.6. The van der Waals surface area contributed by atoms with Gasteiger partial charge < -0.3 is 4.84 Å². The molecule has 1 N–H and O–H groups in total. The molecule has 0 aliphatic heterocycles. The van der Waals surface area contributed by atoms with E-state index in [-0.39, 0.29) is 5.91 Å². The summed E-state index contributed by atoms with van der Waals surface area (Å²) < 4.78 is 0. The predicted octanol–water partition coefficient (Wildman–Crippen LogP) is 4.54. The van der Waals surface area contributed by atoms with Crippen LogP contribution >= 0.6 is 23.2 Å². The number of nitrogens with zero attached hydrogens (tertiary/aromatic N) is 2. The monoisotopic (exact) mass is 377 g/mol. The maximum atomic E-state index is 12.2. The van der Waals surface area contributed by atoms with Gasteiger partial charge in [0, 0.05) is 21.2 Å². The summed E-state index contributed by atoms with van der Waals surface area (Å²) in [4.78, 5) is 17.3. The molecule has 0 aromatic heterocycles. The molecule has 0 aliphatic carbocycles. The van der Waals surface area contributed by atoms with Crippen LogP contribution in [0.4, 0.5) is 0 Å². The van der Waals surface area contributed by atoms with E-state index in [1.54, 1.807) is 42.5 Å². The lowest BCUT2D eigenvalue weighted by atomic mass is 10.1. The van der Waals surface area contributed by atoms with Crippen molar-refractivity contribution in [3.05, 3.63) is 69.7 Å². The number of hydrazone groups is 1. The molecule has 2 aromatic rings. The van der Waals surface area contributed by atoms with Crippen molar-refractivity contribution in [2.45, 2.75) is 13.3 Å². The molecular weight excluding hydrogens is 361 g/mol. The molecule has 0 atom stereocenters. The molecule has 2 rings (SSSR count). The molecular formula is C18H17Cl2N3O2. The maximum absolute atomic E-state index is 12.2. The van der Waals surface area contributed by atoms with Crippen molar-refractivity contribution in [2.75, 3.05) is 6.61 Å². The summed E-state index contributed by atoms with van der Waals surface area (Å²) in [6.45, 7) is 2.47. The Morgan fingerprint density at radius 1 is 1.12 bits per heavy atom. The van der Waals surface area contributed by atoms with Gasteiger partial charge in [-0.2, -0.15) is 5.10 Å². The number of hydrogen-bond acceptors (Lipinski definition) is 4. The van der Waals surface area contributed by atoms with Gasteiger partial charge in [-0.3, -0.25) is 4.79 Å². The second-order valence-electron chi connectivity index (χ2n) is 5.03. The fourth-order valence-corrected chi connectivity index (χ4v) is 2.23. The summed E-state index contributed by atoms with van der Waals surface area (Å²) in [7, 11) is 0. The van der Waals surface area contributed by atoms with Gasteiger partial charge in [0.25, 0.3) is 5.91 Å². The molecule has 5 nitrogen and oxygen atoms in total. The number of carbonyl (C=O) groups is 1. The van der Waals surface area contributed by atoms with Crippen LogP contribution in [0.2, 0.25) is 10.0 Å². The lowest BCUT2D eigenvalue weighted by Gasteiger charge is -2.04. The van der Waals surface area contributed by atoms with Gasteiger partial charge in [-0.25, -0.2) is 5.43 Å². The van der Waals surface area contributed by atoms with Crippen LogP contribution in [0.15, 0.2) is 58.8 Å². The van der Waals surface area contributed by atoms with Crippen molar-refractivity contribution in [1.82, 2.24) is 5.43 Å². The second-order valence-corrected chi connectivity index (χ2v) is 5.90. The van der Waals surface area contributed by atoms with E-state index in [1.165, 1.54) is 6.21 Å². The molecule has 25 heavy (non-hydrogen) atoms. The summed E-state index contributed by atoms with van der Waals surface area (Å²) in [6.07, 6.45) is 2.27. The molecule has 0 radical (unpaired) electrons. The van der Waals surface area contributed by atoms with E-state index in [4.69, 9.17) is 28.0 Å². The minimum absolute atomic E-state index is 0.384. The quantitative estimate of drug-likeness (QED) is 0.437. The van der Waals surface area contributed by atoms with Crippen molar-refractivity contribution in [1.29, 1.82) is 0 Å². The first kappa shape index (κ1) is 19.0. The zero-order chi connectivity index (χ0) is 18.1. The summed E-state index contributed by atoms with van der Waals surface area (Å²) in [5.74, 6) is -0.384. The third-order valence-corrected chi connectivity index (χ3v) is 3.50. The fraction of sp³-hybridized carbons (Fsp3) is 0.167. The molecule has 0 aliphatic rings. The second kappa shape index (κ2) is 9.81. The van der Waals surface area contributed by atoms with Crippen LogP contribution in [0.3, 0.4) is 0 Å². The van der Waals surface area contributed by atoms with E-state index in [0.29, 0.717) is 33.5 Å². The number of halogens is 2. The van der Waals surface area contributed by atoms with Crippen molar-refractivity contribution in [3.63, 3.8) is 0 Å². The van der Waals surface area contributed by atoms with Gasteiger partial charge in [-0.05, 0) is 36.8 Å². The number of hydrogen-bond donors (Lipinski definition) is 1. The molecule has 0 unspecified atom stereocenters. The fourth-order valence-electron chi connectivity index (χ4n) is 1.85. The maximum Gasteiger partial charge on any atom is 0.271 e. The Kier molecular flexibility index (Phi) is 7.44. The van der Waals surface area contributed by atoms with Crippen LogP contribution in [0.25, 0.3) is 0 Å². The third kappa shape index (κ3) is 6.21. The molecule has 0 fully saturated rings. The molecule has 0 heterocycles. The highest BCUT2D eigenvalue weighted by atomic mass is 35.5. The third-order valence-electron chi connectivity index (χ3n) is 3.03. The number of benzene rings is 2. The molecule has 7 heteroatoms. The Morgan fingerprint density at radius 3 is 2.40 bits per heavy atom. The van der Waals surface area contributed by atoms with Gasteiger partial charge >= 0.3 is 0 Å². The first-order chi connectivity index (χ1) is 12.1. The number of amides is 1. The summed E-state index contributed by atoms with van der Waals surface area (Å²) in [5, 5.41) is 9.01. The standard InChI is InChI=1S/C18H17Cl2N3O2/c1-2-9-25-21-12-17(13-5-3-7-15(19)10-13)22-23-18(24)14-6-4-8-16(20)11-14/h3-8,10-12H,2,9H2,1H3,(H,23,24)/b21-12+,22-17+. The van der Waals surface area contributed by atoms with Gasteiger partial charge in [0.05, 0.1) is 6.21 Å². The lowest BCUT2D eigenvalue weighted by Crippen LogP contribution is -2.20. The molecule has 0 saturated carbocycles. The zero-order valence-electron chi connectivity index (χ0n) is 13.6. The predicted molar refractivity (Wildman–Crippen MR) is 102 cm³/mol. The number of oxime groups is 1. The number of carbonyl (C=O) groups excluding carboxylic acids is 1. The molecule has 0 bridgehead atoms. The first-order valence-corrected chi connectivity index (χ1v) is 8.40. The van der Waals surface area contributed by atoms with Gasteiger partial charge in [-0.15, -0.1) is 0 Å². The first-order valence-electron chi connectivity index (χ1n) is 7.65. The highest BCUT2D eigenvalue weighted by Crippen LogP contribution is 2.12. The van der Waals surface area contributed by atoms with E-state index in [2.05, 4.69) is 15.7 Å². The Labute approximate surface area is 156 Å². The summed E-state index contributed by atoms with van der Waals surface area (Å²) in [6, 6.07) is 13.7. The smallest absolute Gasteiger partial charge is 0.271 e.